The average molecular weight is 667 g/mol. The van der Waals surface area contributed by atoms with Crippen LogP contribution < -0.4 is 9.62 Å². The van der Waals surface area contributed by atoms with Crippen LogP contribution in [0.2, 0.25) is 10.0 Å². The number of amides is 2. The van der Waals surface area contributed by atoms with Gasteiger partial charge in [0.05, 0.1) is 20.6 Å². The van der Waals surface area contributed by atoms with Gasteiger partial charge in [-0.05, 0) is 72.9 Å². The van der Waals surface area contributed by atoms with Crippen molar-refractivity contribution in [2.45, 2.75) is 51.1 Å². The van der Waals surface area contributed by atoms with E-state index in [0.29, 0.717) is 34.3 Å². The maximum Gasteiger partial charge on any atom is 0.264 e. The van der Waals surface area contributed by atoms with Gasteiger partial charge in [0.15, 0.2) is 0 Å². The van der Waals surface area contributed by atoms with Crippen LogP contribution in [0.3, 0.4) is 0 Å². The first-order valence-corrected chi connectivity index (χ1v) is 16.9. The summed E-state index contributed by atoms with van der Waals surface area (Å²) >= 11 is 12.5. The molecular weight excluding hydrogens is 629 g/mol. The molecule has 0 heterocycles. The molecule has 4 aromatic rings. The van der Waals surface area contributed by atoms with Crippen molar-refractivity contribution < 1.29 is 18.0 Å². The fraction of sp³-hybridized carbons (Fsp3) is 0.257. The number of rotatable bonds is 13. The second-order valence-electron chi connectivity index (χ2n) is 10.8. The Kier molecular flexibility index (Phi) is 11.7. The molecule has 0 aliphatic rings. The van der Waals surface area contributed by atoms with Gasteiger partial charge >= 0.3 is 0 Å². The number of benzene rings is 4. The van der Waals surface area contributed by atoms with Crippen molar-refractivity contribution in [3.05, 3.63) is 129 Å². The molecule has 236 valence electrons. The van der Waals surface area contributed by atoms with Gasteiger partial charge in [0, 0.05) is 19.5 Å². The van der Waals surface area contributed by atoms with E-state index in [1.54, 1.807) is 48.5 Å². The lowest BCUT2D eigenvalue weighted by atomic mass is 10.0. The van der Waals surface area contributed by atoms with E-state index in [-0.39, 0.29) is 23.8 Å². The third kappa shape index (κ3) is 8.45. The predicted molar refractivity (Wildman–Crippen MR) is 181 cm³/mol. The third-order valence-electron chi connectivity index (χ3n) is 7.61. The summed E-state index contributed by atoms with van der Waals surface area (Å²) in [5.74, 6) is -0.882. The van der Waals surface area contributed by atoms with Gasteiger partial charge in [-0.3, -0.25) is 13.9 Å². The number of hydrogen-bond donors (Lipinski definition) is 1. The summed E-state index contributed by atoms with van der Waals surface area (Å²) in [7, 11) is -4.18. The van der Waals surface area contributed by atoms with Gasteiger partial charge in [-0.25, -0.2) is 8.42 Å². The zero-order valence-electron chi connectivity index (χ0n) is 25.5. The average Bonchev–Trinajstić information content (AvgIpc) is 3.04. The van der Waals surface area contributed by atoms with Crippen molar-refractivity contribution in [1.82, 2.24) is 10.2 Å². The molecule has 0 spiro atoms. The van der Waals surface area contributed by atoms with E-state index in [2.05, 4.69) is 5.32 Å². The smallest absolute Gasteiger partial charge is 0.264 e. The molecule has 0 saturated heterocycles. The fourth-order valence-corrected chi connectivity index (χ4v) is 6.81. The number of carbonyl (C=O) groups excluding carboxylic acids is 2. The van der Waals surface area contributed by atoms with E-state index in [9.17, 15) is 18.0 Å². The highest BCUT2D eigenvalue weighted by molar-refractivity contribution is 7.92. The summed E-state index contributed by atoms with van der Waals surface area (Å²) in [6.07, 6.45) is 0.929. The van der Waals surface area contributed by atoms with E-state index in [0.717, 1.165) is 21.0 Å². The highest BCUT2D eigenvalue weighted by atomic mass is 35.5. The zero-order chi connectivity index (χ0) is 32.6. The minimum absolute atomic E-state index is 0.00120. The van der Waals surface area contributed by atoms with Crippen LogP contribution in [-0.2, 0) is 32.6 Å². The molecule has 7 nitrogen and oxygen atoms in total. The van der Waals surface area contributed by atoms with Crippen molar-refractivity contribution in [3.8, 4) is 0 Å². The Morgan fingerprint density at radius 2 is 1.49 bits per heavy atom. The second kappa shape index (κ2) is 15.4. The number of aryl methyl sites for hydroxylation is 1. The normalized spacial score (nSPS) is 11.9. The number of nitrogens with zero attached hydrogens (tertiary/aromatic N) is 2. The van der Waals surface area contributed by atoms with Crippen molar-refractivity contribution >= 4 is 50.7 Å². The SMILES string of the molecule is CCCNC(=O)C(Cc1ccccc1)N(Cc1ccc(Cl)c(Cl)c1)C(=O)CN(c1cccc(C)c1C)S(=O)(=O)c1ccccc1. The Morgan fingerprint density at radius 1 is 0.822 bits per heavy atom. The zero-order valence-corrected chi connectivity index (χ0v) is 27.9. The predicted octanol–water partition coefficient (Wildman–Crippen LogP) is 6.97. The molecule has 1 unspecified atom stereocenters. The Bertz CT molecular complexity index is 1730. The molecular formula is C35H37Cl2N3O4S. The van der Waals surface area contributed by atoms with Gasteiger partial charge in [0.25, 0.3) is 10.0 Å². The molecule has 1 atom stereocenters. The monoisotopic (exact) mass is 665 g/mol. The second-order valence-corrected chi connectivity index (χ2v) is 13.5. The Labute approximate surface area is 275 Å². The van der Waals surface area contributed by atoms with Crippen molar-refractivity contribution in [3.63, 3.8) is 0 Å². The first-order chi connectivity index (χ1) is 21.5. The number of nitrogens with one attached hydrogen (secondary N) is 1. The third-order valence-corrected chi connectivity index (χ3v) is 10.1. The Balaban J connectivity index is 1.83. The van der Waals surface area contributed by atoms with Gasteiger partial charge in [0.1, 0.15) is 12.6 Å². The van der Waals surface area contributed by atoms with Crippen molar-refractivity contribution in [1.29, 1.82) is 0 Å². The van der Waals surface area contributed by atoms with E-state index >= 15 is 0 Å². The van der Waals surface area contributed by atoms with E-state index < -0.39 is 28.5 Å². The minimum atomic E-state index is -4.18. The highest BCUT2D eigenvalue weighted by Crippen LogP contribution is 2.30. The Hall–Kier alpha value is -3.85. The van der Waals surface area contributed by atoms with Gasteiger partial charge in [-0.2, -0.15) is 0 Å². The van der Waals surface area contributed by atoms with Gasteiger partial charge in [-0.15, -0.1) is 0 Å². The summed E-state index contributed by atoms with van der Waals surface area (Å²) in [6, 6.07) is 26.8. The molecule has 0 aliphatic carbocycles. The maximum atomic E-state index is 14.5. The number of sulfonamides is 1. The first kappa shape index (κ1) is 34.0. The fourth-order valence-electron chi connectivity index (χ4n) is 4.99. The summed E-state index contributed by atoms with van der Waals surface area (Å²) < 4.78 is 29.5. The van der Waals surface area contributed by atoms with Crippen molar-refractivity contribution in [2.75, 3.05) is 17.4 Å². The molecule has 0 radical (unpaired) electrons. The molecule has 0 fully saturated rings. The number of halogens is 2. The summed E-state index contributed by atoms with van der Waals surface area (Å²) in [6.45, 7) is 5.55. The molecule has 2 amide bonds. The van der Waals surface area contributed by atoms with Gasteiger partial charge < -0.3 is 10.2 Å². The first-order valence-electron chi connectivity index (χ1n) is 14.7. The van der Waals surface area contributed by atoms with Crippen LogP contribution in [0.15, 0.2) is 102 Å². The highest BCUT2D eigenvalue weighted by Gasteiger charge is 2.35. The lowest BCUT2D eigenvalue weighted by Crippen LogP contribution is -2.53. The van der Waals surface area contributed by atoms with E-state index in [1.165, 1.54) is 17.0 Å². The number of carbonyl (C=O) groups is 2. The van der Waals surface area contributed by atoms with Crippen LogP contribution in [0.5, 0.6) is 0 Å². The molecule has 4 aromatic carbocycles. The minimum Gasteiger partial charge on any atom is -0.354 e. The lowest BCUT2D eigenvalue weighted by Gasteiger charge is -2.34. The summed E-state index contributed by atoms with van der Waals surface area (Å²) in [5.41, 5.74) is 3.48. The molecule has 45 heavy (non-hydrogen) atoms. The molecule has 4 rings (SSSR count). The summed E-state index contributed by atoms with van der Waals surface area (Å²) in [5, 5.41) is 3.60. The van der Waals surface area contributed by atoms with Crippen LogP contribution in [0.1, 0.15) is 35.6 Å². The van der Waals surface area contributed by atoms with Crippen LogP contribution in [-0.4, -0.2) is 44.3 Å². The van der Waals surface area contributed by atoms with Gasteiger partial charge in [-0.1, -0.05) is 96.9 Å². The van der Waals surface area contributed by atoms with Crippen LogP contribution in [0.4, 0.5) is 5.69 Å². The molecule has 0 aromatic heterocycles. The van der Waals surface area contributed by atoms with Crippen LogP contribution in [0, 0.1) is 13.8 Å². The molecule has 0 bridgehead atoms. The lowest BCUT2D eigenvalue weighted by molar-refractivity contribution is -0.140. The molecule has 0 saturated carbocycles. The van der Waals surface area contributed by atoms with Gasteiger partial charge in [0.2, 0.25) is 11.8 Å². The van der Waals surface area contributed by atoms with Crippen molar-refractivity contribution in [2.24, 2.45) is 0 Å². The standard InChI is InChI=1S/C35H37Cl2N3O4S/c1-4-20-38-35(42)33(22-27-13-7-5-8-14-27)39(23-28-18-19-30(36)31(37)21-28)34(41)24-40(32-17-11-12-25(2)26(32)3)45(43,44)29-15-9-6-10-16-29/h5-19,21,33H,4,20,22-24H2,1-3H3,(H,38,42). The molecule has 0 aliphatic heterocycles. The van der Waals surface area contributed by atoms with E-state index in [1.807, 2.05) is 57.2 Å². The largest absolute Gasteiger partial charge is 0.354 e. The number of hydrogen-bond acceptors (Lipinski definition) is 4. The molecule has 10 heteroatoms. The van der Waals surface area contributed by atoms with E-state index in [4.69, 9.17) is 23.2 Å². The Morgan fingerprint density at radius 3 is 2.13 bits per heavy atom. The van der Waals surface area contributed by atoms with Crippen LogP contribution >= 0.6 is 23.2 Å². The number of anilines is 1. The topological polar surface area (TPSA) is 86.8 Å². The molecule has 1 N–H and O–H groups in total. The van der Waals surface area contributed by atoms with Crippen LogP contribution in [0.25, 0.3) is 0 Å². The quantitative estimate of drug-likeness (QED) is 0.167. The maximum absolute atomic E-state index is 14.5. The summed E-state index contributed by atoms with van der Waals surface area (Å²) in [4.78, 5) is 29.8.